The third-order valence-electron chi connectivity index (χ3n) is 3.12. The Hall–Kier alpha value is -3.05. The Labute approximate surface area is 147 Å². The molecule has 0 saturated heterocycles. The second-order valence-corrected chi connectivity index (χ2v) is 5.33. The molecule has 144 valence electrons. The summed E-state index contributed by atoms with van der Waals surface area (Å²) in [6.07, 6.45) is -9.37. The highest BCUT2D eigenvalue weighted by Crippen LogP contribution is 2.33. The molecule has 3 aromatic rings. The van der Waals surface area contributed by atoms with Crippen molar-refractivity contribution in [1.29, 1.82) is 0 Å². The summed E-state index contributed by atoms with van der Waals surface area (Å²) in [5, 5.41) is 3.31. The highest BCUT2D eigenvalue weighted by molar-refractivity contribution is 5.43. The number of aromatic nitrogens is 4. The van der Waals surface area contributed by atoms with Crippen LogP contribution in [0.15, 0.2) is 30.3 Å². The summed E-state index contributed by atoms with van der Waals surface area (Å²) in [7, 11) is 0. The summed E-state index contributed by atoms with van der Waals surface area (Å²) in [4.78, 5) is 7.13. The zero-order chi connectivity index (χ0) is 19.8. The third kappa shape index (κ3) is 4.38. The molecular weight excluding hydrogens is 382 g/mol. The minimum atomic E-state index is -4.80. The van der Waals surface area contributed by atoms with E-state index in [0.717, 1.165) is 0 Å². The van der Waals surface area contributed by atoms with Gasteiger partial charge >= 0.3 is 12.4 Å². The van der Waals surface area contributed by atoms with Crippen LogP contribution in [0.1, 0.15) is 11.5 Å². The summed E-state index contributed by atoms with van der Waals surface area (Å²) in [6.45, 7) is -0.0689. The molecule has 0 N–H and O–H groups in total. The van der Waals surface area contributed by atoms with E-state index in [0.29, 0.717) is 4.52 Å². The number of para-hydroxylation sites is 2. The third-order valence-corrected chi connectivity index (χ3v) is 3.12. The van der Waals surface area contributed by atoms with E-state index in [1.165, 1.54) is 37.3 Å². The molecule has 0 atom stereocenters. The number of hydrogen-bond acceptors (Lipinski definition) is 5. The maximum atomic E-state index is 12.8. The molecule has 12 heteroatoms. The highest BCUT2D eigenvalue weighted by atomic mass is 19.4. The second-order valence-electron chi connectivity index (χ2n) is 5.33. The van der Waals surface area contributed by atoms with E-state index in [1.54, 1.807) is 0 Å². The Morgan fingerprint density at radius 1 is 1.00 bits per heavy atom. The Morgan fingerprint density at radius 3 is 2.30 bits per heavy atom. The second kappa shape index (κ2) is 6.59. The van der Waals surface area contributed by atoms with Crippen molar-refractivity contribution in [3.05, 3.63) is 41.9 Å². The maximum Gasteiger partial charge on any atom is 0.453 e. The number of ether oxygens (including phenoxy) is 2. The van der Waals surface area contributed by atoms with Crippen LogP contribution in [0.3, 0.4) is 0 Å². The number of benzene rings is 1. The van der Waals surface area contributed by atoms with Crippen molar-refractivity contribution in [1.82, 2.24) is 19.6 Å². The Kier molecular flexibility index (Phi) is 4.57. The van der Waals surface area contributed by atoms with Gasteiger partial charge in [-0.15, -0.1) is 5.10 Å². The van der Waals surface area contributed by atoms with Crippen LogP contribution in [0, 0.1) is 6.92 Å². The summed E-state index contributed by atoms with van der Waals surface area (Å²) in [6, 6.07) is 6.68. The summed E-state index contributed by atoms with van der Waals surface area (Å²) in [5.74, 6) is -2.40. The SMILES string of the molecule is Cc1cc(Oc2ccccc2OCC(F)(F)F)n2nc(C(F)(F)F)nc2n1. The van der Waals surface area contributed by atoms with Crippen molar-refractivity contribution >= 4 is 5.78 Å². The van der Waals surface area contributed by atoms with Crippen molar-refractivity contribution in [2.24, 2.45) is 0 Å². The molecule has 0 aliphatic heterocycles. The van der Waals surface area contributed by atoms with Gasteiger partial charge in [0.25, 0.3) is 11.6 Å². The van der Waals surface area contributed by atoms with Gasteiger partial charge in [0, 0.05) is 11.8 Å². The van der Waals surface area contributed by atoms with E-state index in [1.807, 2.05) is 0 Å². The molecule has 3 rings (SSSR count). The van der Waals surface area contributed by atoms with Gasteiger partial charge in [0.05, 0.1) is 0 Å². The average Bonchev–Trinajstić information content (AvgIpc) is 2.97. The minimum absolute atomic E-state index is 0.141. The van der Waals surface area contributed by atoms with Crippen molar-refractivity contribution in [3.8, 4) is 17.4 Å². The molecule has 0 aliphatic carbocycles. The van der Waals surface area contributed by atoms with Crippen molar-refractivity contribution < 1.29 is 35.8 Å². The molecule has 0 saturated carbocycles. The predicted octanol–water partition coefficient (Wildman–Crippen LogP) is 4.18. The van der Waals surface area contributed by atoms with Crippen LogP contribution in [-0.4, -0.2) is 32.4 Å². The molecule has 2 aromatic heterocycles. The zero-order valence-corrected chi connectivity index (χ0v) is 13.5. The first-order valence-corrected chi connectivity index (χ1v) is 7.31. The largest absolute Gasteiger partial charge is 0.480 e. The molecular formula is C15H10F6N4O2. The van der Waals surface area contributed by atoms with Crippen LogP contribution in [0.2, 0.25) is 0 Å². The number of nitrogens with zero attached hydrogens (tertiary/aromatic N) is 4. The number of fused-ring (bicyclic) bond motifs is 1. The molecule has 0 amide bonds. The number of hydrogen-bond donors (Lipinski definition) is 0. The molecule has 1 aromatic carbocycles. The van der Waals surface area contributed by atoms with E-state index in [9.17, 15) is 26.3 Å². The van der Waals surface area contributed by atoms with Crippen molar-refractivity contribution in [2.75, 3.05) is 6.61 Å². The van der Waals surface area contributed by atoms with Gasteiger partial charge in [-0.05, 0) is 19.1 Å². The fourth-order valence-electron chi connectivity index (χ4n) is 2.07. The van der Waals surface area contributed by atoms with Gasteiger partial charge in [0.15, 0.2) is 18.1 Å². The molecule has 0 fully saturated rings. The monoisotopic (exact) mass is 392 g/mol. The lowest BCUT2D eigenvalue weighted by atomic mass is 10.3. The minimum Gasteiger partial charge on any atom is -0.480 e. The predicted molar refractivity (Wildman–Crippen MR) is 78.6 cm³/mol. The Morgan fingerprint density at radius 2 is 1.67 bits per heavy atom. The fourth-order valence-corrected chi connectivity index (χ4v) is 2.07. The molecule has 0 spiro atoms. The quantitative estimate of drug-likeness (QED) is 0.624. The van der Waals surface area contributed by atoms with Gasteiger partial charge in [-0.3, -0.25) is 0 Å². The van der Waals surface area contributed by atoms with Crippen LogP contribution < -0.4 is 9.47 Å². The van der Waals surface area contributed by atoms with Crippen LogP contribution >= 0.6 is 0 Å². The lowest BCUT2D eigenvalue weighted by Gasteiger charge is -2.14. The normalized spacial score (nSPS) is 12.4. The molecule has 0 unspecified atom stereocenters. The van der Waals surface area contributed by atoms with Gasteiger partial charge in [0.2, 0.25) is 5.88 Å². The topological polar surface area (TPSA) is 61.5 Å². The maximum absolute atomic E-state index is 12.8. The van der Waals surface area contributed by atoms with Gasteiger partial charge in [-0.1, -0.05) is 12.1 Å². The smallest absolute Gasteiger partial charge is 0.453 e. The molecule has 0 aliphatic rings. The molecule has 27 heavy (non-hydrogen) atoms. The Bertz CT molecular complexity index is 967. The van der Waals surface area contributed by atoms with Gasteiger partial charge in [-0.25, -0.2) is 4.98 Å². The van der Waals surface area contributed by atoms with Crippen LogP contribution in [0.25, 0.3) is 5.78 Å². The number of aryl methyl sites for hydroxylation is 1. The van der Waals surface area contributed by atoms with Crippen LogP contribution in [0.4, 0.5) is 26.3 Å². The number of alkyl halides is 6. The van der Waals surface area contributed by atoms with Gasteiger partial charge in [0.1, 0.15) is 0 Å². The summed E-state index contributed by atoms with van der Waals surface area (Å²) in [5.41, 5.74) is 0.271. The molecule has 0 bridgehead atoms. The molecule has 0 radical (unpaired) electrons. The van der Waals surface area contributed by atoms with E-state index in [-0.39, 0.29) is 28.9 Å². The van der Waals surface area contributed by atoms with Crippen LogP contribution in [0.5, 0.6) is 17.4 Å². The van der Waals surface area contributed by atoms with Gasteiger partial charge < -0.3 is 9.47 Å². The Balaban J connectivity index is 1.99. The summed E-state index contributed by atoms with van der Waals surface area (Å²) < 4.78 is 86.4. The number of rotatable bonds is 4. The van der Waals surface area contributed by atoms with Crippen LogP contribution in [-0.2, 0) is 6.18 Å². The average molecular weight is 392 g/mol. The summed E-state index contributed by atoms with van der Waals surface area (Å²) >= 11 is 0. The molecule has 2 heterocycles. The first kappa shape index (κ1) is 18.7. The lowest BCUT2D eigenvalue weighted by molar-refractivity contribution is -0.153. The first-order valence-electron chi connectivity index (χ1n) is 7.31. The lowest BCUT2D eigenvalue weighted by Crippen LogP contribution is -2.19. The van der Waals surface area contributed by atoms with E-state index >= 15 is 0 Å². The highest BCUT2D eigenvalue weighted by Gasteiger charge is 2.37. The van der Waals surface area contributed by atoms with E-state index < -0.39 is 24.8 Å². The standard InChI is InChI=1S/C15H10F6N4O2/c1-8-6-11(25-13(22-8)23-12(24-25)15(19,20)21)27-10-5-3-2-4-9(10)26-7-14(16,17)18/h2-6H,7H2,1H3. The zero-order valence-electron chi connectivity index (χ0n) is 13.5. The van der Waals surface area contributed by atoms with Gasteiger partial charge in [-0.2, -0.15) is 35.8 Å². The van der Waals surface area contributed by atoms with Crippen molar-refractivity contribution in [2.45, 2.75) is 19.3 Å². The van der Waals surface area contributed by atoms with Crippen molar-refractivity contribution in [3.63, 3.8) is 0 Å². The van der Waals surface area contributed by atoms with E-state index in [4.69, 9.17) is 4.74 Å². The first-order chi connectivity index (χ1) is 12.5. The number of halogens is 6. The van der Waals surface area contributed by atoms with E-state index in [2.05, 4.69) is 19.8 Å². The fraction of sp³-hybridized carbons (Fsp3) is 0.267. The molecule has 6 nitrogen and oxygen atoms in total.